The van der Waals surface area contributed by atoms with E-state index in [4.69, 9.17) is 18.9 Å². The highest BCUT2D eigenvalue weighted by Gasteiger charge is 2.15. The van der Waals surface area contributed by atoms with Gasteiger partial charge in [0.2, 0.25) is 0 Å². The predicted octanol–water partition coefficient (Wildman–Crippen LogP) is 3.51. The highest BCUT2D eigenvalue weighted by atomic mass is 16.7. The third-order valence-corrected chi connectivity index (χ3v) is 3.44. The number of nitro benzene ring substituents is 1. The number of methoxy groups -OCH3 is 2. The minimum absolute atomic E-state index is 0.0114. The van der Waals surface area contributed by atoms with E-state index in [2.05, 4.69) is 0 Å². The smallest absolute Gasteiger partial charge is 0.344 e. The fourth-order valence-electron chi connectivity index (χ4n) is 2.15. The minimum atomic E-state index is -0.589. The topological polar surface area (TPSA) is 97.1 Å². The third-order valence-electron chi connectivity index (χ3n) is 3.44. The first kappa shape index (κ1) is 20.1. The Kier molecular flexibility index (Phi) is 7.48. The van der Waals surface area contributed by atoms with Gasteiger partial charge in [-0.05, 0) is 35.4 Å². The van der Waals surface area contributed by atoms with Crippen molar-refractivity contribution < 1.29 is 28.7 Å². The van der Waals surface area contributed by atoms with Crippen LogP contribution in [0.2, 0.25) is 0 Å². The Morgan fingerprint density at radius 2 is 1.63 bits per heavy atom. The number of nitrogens with zero attached hydrogens (tertiary/aromatic N) is 1. The van der Waals surface area contributed by atoms with Crippen LogP contribution in [0, 0.1) is 10.1 Å². The second-order valence-corrected chi connectivity index (χ2v) is 5.33. The van der Waals surface area contributed by atoms with Crippen LogP contribution in [0.3, 0.4) is 0 Å². The highest BCUT2D eigenvalue weighted by molar-refractivity contribution is 5.93. The number of benzene rings is 2. The zero-order valence-corrected chi connectivity index (χ0v) is 14.9. The van der Waals surface area contributed by atoms with Gasteiger partial charge in [-0.15, -0.1) is 0 Å². The number of carbonyl (C=O) groups is 1. The van der Waals surface area contributed by atoms with Gasteiger partial charge in [-0.25, -0.2) is 4.79 Å². The monoisotopic (exact) mass is 373 g/mol. The van der Waals surface area contributed by atoms with Crippen molar-refractivity contribution in [1.29, 1.82) is 0 Å². The van der Waals surface area contributed by atoms with Crippen LogP contribution in [0.15, 0.2) is 42.5 Å². The molecule has 2 aromatic rings. The quantitative estimate of drug-likeness (QED) is 0.218. The van der Waals surface area contributed by atoms with Gasteiger partial charge in [0.25, 0.3) is 5.69 Å². The van der Waals surface area contributed by atoms with Crippen molar-refractivity contribution in [2.75, 3.05) is 27.8 Å². The molecular weight excluding hydrogens is 354 g/mol. The Labute approximate surface area is 156 Å². The molecular formula is C19H19NO7. The van der Waals surface area contributed by atoms with Crippen molar-refractivity contribution in [2.45, 2.75) is 0 Å². The minimum Gasteiger partial charge on any atom is -0.467 e. The van der Waals surface area contributed by atoms with Crippen molar-refractivity contribution >= 4 is 23.8 Å². The summed E-state index contributed by atoms with van der Waals surface area (Å²) in [6.07, 6.45) is 3.55. The van der Waals surface area contributed by atoms with Gasteiger partial charge in [-0.1, -0.05) is 18.2 Å². The number of ether oxygens (including phenoxy) is 4. The van der Waals surface area contributed by atoms with Crippen LogP contribution in [0.1, 0.15) is 21.5 Å². The third kappa shape index (κ3) is 5.91. The molecule has 2 aromatic carbocycles. The van der Waals surface area contributed by atoms with Gasteiger partial charge in [-0.3, -0.25) is 10.1 Å². The van der Waals surface area contributed by atoms with E-state index in [1.165, 1.54) is 26.4 Å². The molecule has 0 aromatic heterocycles. The Morgan fingerprint density at radius 3 is 2.26 bits per heavy atom. The lowest BCUT2D eigenvalue weighted by atomic mass is 10.1. The van der Waals surface area contributed by atoms with Gasteiger partial charge in [0.15, 0.2) is 13.6 Å². The Bertz CT molecular complexity index is 815. The molecule has 0 aliphatic rings. The SMILES string of the molecule is COCOC(=O)c1cc(/C=C/c2ccc([N+](=O)[O-])cc2)ccc1OCOC. The second kappa shape index (κ2) is 10.0. The zero-order valence-electron chi connectivity index (χ0n) is 14.9. The molecule has 8 nitrogen and oxygen atoms in total. The van der Waals surface area contributed by atoms with Crippen LogP contribution < -0.4 is 4.74 Å². The van der Waals surface area contributed by atoms with E-state index in [0.29, 0.717) is 5.75 Å². The fourth-order valence-corrected chi connectivity index (χ4v) is 2.15. The Hall–Kier alpha value is -3.23. The highest BCUT2D eigenvalue weighted by Crippen LogP contribution is 2.23. The molecule has 0 aliphatic carbocycles. The van der Waals surface area contributed by atoms with E-state index in [9.17, 15) is 14.9 Å². The van der Waals surface area contributed by atoms with Crippen molar-refractivity contribution in [2.24, 2.45) is 0 Å². The van der Waals surface area contributed by atoms with Gasteiger partial charge in [0, 0.05) is 26.4 Å². The van der Waals surface area contributed by atoms with Crippen molar-refractivity contribution in [3.8, 4) is 5.75 Å². The zero-order chi connectivity index (χ0) is 19.6. The summed E-state index contributed by atoms with van der Waals surface area (Å²) in [5.74, 6) is -0.265. The Balaban J connectivity index is 2.22. The van der Waals surface area contributed by atoms with Gasteiger partial charge in [-0.2, -0.15) is 0 Å². The van der Waals surface area contributed by atoms with Crippen LogP contribution in [0.4, 0.5) is 5.69 Å². The number of non-ortho nitro benzene ring substituents is 1. The molecule has 0 unspecified atom stereocenters. The van der Waals surface area contributed by atoms with Crippen LogP contribution in [-0.4, -0.2) is 38.7 Å². The van der Waals surface area contributed by atoms with E-state index in [1.54, 1.807) is 42.5 Å². The van der Waals surface area contributed by atoms with Crippen LogP contribution in [0.5, 0.6) is 5.75 Å². The molecule has 2 rings (SSSR count). The summed E-state index contributed by atoms with van der Waals surface area (Å²) in [4.78, 5) is 22.4. The number of rotatable bonds is 9. The number of hydrogen-bond acceptors (Lipinski definition) is 7. The maximum Gasteiger partial charge on any atom is 0.344 e. The molecule has 142 valence electrons. The summed E-state index contributed by atoms with van der Waals surface area (Å²) in [6, 6.07) is 11.1. The van der Waals surface area contributed by atoms with E-state index < -0.39 is 10.9 Å². The first-order valence-corrected chi connectivity index (χ1v) is 7.89. The standard InChI is InChI=1S/C19H19NO7/c1-24-12-26-18-10-7-15(11-17(18)19(21)27-13-25-2)4-3-14-5-8-16(9-6-14)20(22)23/h3-11H,12-13H2,1-2H3/b4-3+. The lowest BCUT2D eigenvalue weighted by Crippen LogP contribution is -2.11. The fraction of sp³-hybridized carbons (Fsp3) is 0.211. The average Bonchev–Trinajstić information content (AvgIpc) is 2.69. The van der Waals surface area contributed by atoms with Gasteiger partial charge < -0.3 is 18.9 Å². The first-order chi connectivity index (χ1) is 13.0. The molecule has 0 aliphatic heterocycles. The van der Waals surface area contributed by atoms with Gasteiger partial charge in [0.1, 0.15) is 11.3 Å². The van der Waals surface area contributed by atoms with Crippen LogP contribution in [0.25, 0.3) is 12.2 Å². The molecule has 8 heteroatoms. The summed E-state index contributed by atoms with van der Waals surface area (Å²) >= 11 is 0. The lowest BCUT2D eigenvalue weighted by molar-refractivity contribution is -0.384. The maximum atomic E-state index is 12.2. The summed E-state index contributed by atoms with van der Waals surface area (Å²) in [5.41, 5.74) is 1.76. The summed E-state index contributed by atoms with van der Waals surface area (Å²) in [5, 5.41) is 10.7. The summed E-state index contributed by atoms with van der Waals surface area (Å²) in [7, 11) is 2.89. The molecule has 0 spiro atoms. The summed E-state index contributed by atoms with van der Waals surface area (Å²) in [6.45, 7) is -0.187. The van der Waals surface area contributed by atoms with Crippen LogP contribution >= 0.6 is 0 Å². The van der Waals surface area contributed by atoms with Crippen molar-refractivity contribution in [3.63, 3.8) is 0 Å². The van der Waals surface area contributed by atoms with Crippen molar-refractivity contribution in [3.05, 3.63) is 69.3 Å². The maximum absolute atomic E-state index is 12.2. The predicted molar refractivity (Wildman–Crippen MR) is 98.3 cm³/mol. The van der Waals surface area contributed by atoms with Gasteiger partial charge >= 0.3 is 5.97 Å². The molecule has 0 saturated carbocycles. The number of hydrogen-bond donors (Lipinski definition) is 0. The normalized spacial score (nSPS) is 10.7. The first-order valence-electron chi connectivity index (χ1n) is 7.89. The van der Waals surface area contributed by atoms with Gasteiger partial charge in [0.05, 0.1) is 4.92 Å². The summed E-state index contributed by atoms with van der Waals surface area (Å²) < 4.78 is 20.0. The second-order valence-electron chi connectivity index (χ2n) is 5.33. The molecule has 27 heavy (non-hydrogen) atoms. The largest absolute Gasteiger partial charge is 0.467 e. The molecule has 0 fully saturated rings. The van der Waals surface area contributed by atoms with E-state index in [0.717, 1.165) is 11.1 Å². The molecule has 0 amide bonds. The van der Waals surface area contributed by atoms with E-state index in [-0.39, 0.29) is 24.8 Å². The lowest BCUT2D eigenvalue weighted by Gasteiger charge is -2.11. The molecule has 0 heterocycles. The Morgan fingerprint density at radius 1 is 1.00 bits per heavy atom. The average molecular weight is 373 g/mol. The molecule has 0 saturated heterocycles. The number of carbonyl (C=O) groups excluding carboxylic acids is 1. The molecule has 0 N–H and O–H groups in total. The number of nitro groups is 1. The number of esters is 1. The van der Waals surface area contributed by atoms with Crippen LogP contribution in [-0.2, 0) is 14.2 Å². The van der Waals surface area contributed by atoms with E-state index >= 15 is 0 Å². The molecule has 0 bridgehead atoms. The molecule has 0 radical (unpaired) electrons. The van der Waals surface area contributed by atoms with Crippen molar-refractivity contribution in [1.82, 2.24) is 0 Å². The van der Waals surface area contributed by atoms with E-state index in [1.807, 2.05) is 0 Å². The molecule has 0 atom stereocenters.